The van der Waals surface area contributed by atoms with Crippen LogP contribution in [0.5, 0.6) is 5.75 Å². The van der Waals surface area contributed by atoms with Crippen molar-refractivity contribution in [1.29, 1.82) is 0 Å². The second kappa shape index (κ2) is 12.4. The van der Waals surface area contributed by atoms with E-state index in [0.29, 0.717) is 64.7 Å². The van der Waals surface area contributed by atoms with Gasteiger partial charge in [0, 0.05) is 42.4 Å². The predicted octanol–water partition coefficient (Wildman–Crippen LogP) is 7.47. The van der Waals surface area contributed by atoms with Gasteiger partial charge in [0.05, 0.1) is 12.1 Å². The first-order valence-corrected chi connectivity index (χ1v) is 14.1. The Morgan fingerprint density at radius 3 is 2.48 bits per heavy atom. The van der Waals surface area contributed by atoms with Crippen LogP contribution >= 0.6 is 0 Å². The van der Waals surface area contributed by atoms with E-state index in [2.05, 4.69) is 24.1 Å². The quantitative estimate of drug-likeness (QED) is 0.167. The number of nitrogens with one attached hydrogen (secondary N) is 1. The van der Waals surface area contributed by atoms with E-state index in [4.69, 9.17) is 9.15 Å². The summed E-state index contributed by atoms with van der Waals surface area (Å²) < 4.78 is 27.9. The van der Waals surface area contributed by atoms with Gasteiger partial charge >= 0.3 is 0 Å². The molecule has 0 bridgehead atoms. The van der Waals surface area contributed by atoms with Crippen LogP contribution in [-0.2, 0) is 6.54 Å². The van der Waals surface area contributed by atoms with Crippen molar-refractivity contribution in [2.45, 2.75) is 40.2 Å². The highest BCUT2D eigenvalue weighted by Crippen LogP contribution is 2.37. The monoisotopic (exact) mass is 567 g/mol. The molecule has 1 N–H and O–H groups in total. The Balaban J connectivity index is 1.55. The first-order valence-electron chi connectivity index (χ1n) is 14.1. The van der Waals surface area contributed by atoms with Gasteiger partial charge in [-0.3, -0.25) is 9.59 Å². The minimum Gasteiger partial charge on any atom is -0.492 e. The highest BCUT2D eigenvalue weighted by molar-refractivity contribution is 6.12. The number of ketones is 1. The fourth-order valence-corrected chi connectivity index (χ4v) is 4.91. The lowest BCUT2D eigenvalue weighted by Gasteiger charge is -2.13. The van der Waals surface area contributed by atoms with E-state index in [1.54, 1.807) is 37.5 Å². The number of fused-ring (bicyclic) bond motifs is 1. The molecule has 2 aromatic heterocycles. The molecule has 216 valence electrons. The van der Waals surface area contributed by atoms with Gasteiger partial charge in [0.2, 0.25) is 0 Å². The van der Waals surface area contributed by atoms with Crippen molar-refractivity contribution >= 4 is 22.7 Å². The third-order valence-corrected chi connectivity index (χ3v) is 7.28. The Morgan fingerprint density at radius 2 is 1.79 bits per heavy atom. The molecule has 8 heteroatoms. The molecule has 3 aromatic carbocycles. The van der Waals surface area contributed by atoms with Crippen molar-refractivity contribution in [1.82, 2.24) is 14.9 Å². The second-order valence-electron chi connectivity index (χ2n) is 10.7. The Kier molecular flexibility index (Phi) is 8.52. The number of carbonyl (C=O) groups excluding carboxylic acids is 2. The van der Waals surface area contributed by atoms with E-state index in [-0.39, 0.29) is 17.5 Å². The predicted molar refractivity (Wildman–Crippen MR) is 161 cm³/mol. The molecule has 0 atom stereocenters. The normalized spacial score (nSPS) is 11.3. The van der Waals surface area contributed by atoms with Crippen molar-refractivity contribution in [2.75, 3.05) is 13.7 Å². The maximum Gasteiger partial charge on any atom is 0.255 e. The van der Waals surface area contributed by atoms with Crippen LogP contribution in [0.1, 0.15) is 53.2 Å². The fraction of sp³-hybridized carbons (Fsp3) is 0.265. The zero-order chi connectivity index (χ0) is 29.8. The smallest absolute Gasteiger partial charge is 0.255 e. The average molecular weight is 568 g/mol. The number of hydrogen-bond acceptors (Lipinski definition) is 5. The summed E-state index contributed by atoms with van der Waals surface area (Å²) >= 11 is 0. The van der Waals surface area contributed by atoms with Crippen LogP contribution in [0.25, 0.3) is 33.4 Å². The number of hydrogen-bond donors (Lipinski definition) is 1. The van der Waals surface area contributed by atoms with Crippen molar-refractivity contribution in [2.24, 2.45) is 5.92 Å². The third kappa shape index (κ3) is 6.28. The average Bonchev–Trinajstić information content (AvgIpc) is 3.58. The van der Waals surface area contributed by atoms with Crippen LogP contribution in [0, 0.1) is 18.7 Å². The summed E-state index contributed by atoms with van der Waals surface area (Å²) in [4.78, 5) is 30.5. The third-order valence-electron chi connectivity index (χ3n) is 7.28. The molecule has 0 aliphatic rings. The van der Waals surface area contributed by atoms with Gasteiger partial charge in [0.25, 0.3) is 5.91 Å². The minimum absolute atomic E-state index is 0.0508. The molecule has 7 nitrogen and oxygen atoms in total. The number of halogens is 1. The highest BCUT2D eigenvalue weighted by Gasteiger charge is 2.22. The lowest BCUT2D eigenvalue weighted by atomic mass is 9.96. The first-order chi connectivity index (χ1) is 20.2. The number of rotatable bonds is 11. The van der Waals surface area contributed by atoms with Crippen molar-refractivity contribution in [3.8, 4) is 28.2 Å². The maximum atomic E-state index is 13.6. The van der Waals surface area contributed by atoms with E-state index < -0.39 is 0 Å². The summed E-state index contributed by atoms with van der Waals surface area (Å²) in [6, 6.07) is 17.0. The molecule has 1 amide bonds. The van der Waals surface area contributed by atoms with Gasteiger partial charge in [0.1, 0.15) is 35.3 Å². The SMILES string of the molecule is CNC(=O)c1c(-c2ccc(F)cc2)oc2ccc(-c3cc(OCCn4ccnc4C)cc(C(=O)CCC(C)C)c3)cc12. The van der Waals surface area contributed by atoms with E-state index in [9.17, 15) is 14.0 Å². The number of imidazole rings is 1. The van der Waals surface area contributed by atoms with Crippen molar-refractivity contribution in [3.63, 3.8) is 0 Å². The van der Waals surface area contributed by atoms with E-state index in [1.807, 2.05) is 42.0 Å². The molecule has 0 aliphatic carbocycles. The topological polar surface area (TPSA) is 86.4 Å². The number of benzene rings is 3. The number of aryl methyl sites for hydroxylation is 1. The van der Waals surface area contributed by atoms with Gasteiger partial charge < -0.3 is 19.0 Å². The number of amides is 1. The van der Waals surface area contributed by atoms with Crippen LogP contribution in [0.4, 0.5) is 4.39 Å². The summed E-state index contributed by atoms with van der Waals surface area (Å²) in [6.07, 6.45) is 4.89. The van der Waals surface area contributed by atoms with Crippen LogP contribution in [-0.4, -0.2) is 34.9 Å². The van der Waals surface area contributed by atoms with Gasteiger partial charge in [-0.15, -0.1) is 0 Å². The molecule has 5 rings (SSSR count). The number of nitrogens with zero attached hydrogens (tertiary/aromatic N) is 2. The van der Waals surface area contributed by atoms with E-state index >= 15 is 0 Å². The van der Waals surface area contributed by atoms with Crippen LogP contribution < -0.4 is 10.1 Å². The summed E-state index contributed by atoms with van der Waals surface area (Å²) in [5.74, 6) is 1.61. The number of carbonyl (C=O) groups is 2. The Labute approximate surface area is 244 Å². The highest BCUT2D eigenvalue weighted by atomic mass is 19.1. The van der Waals surface area contributed by atoms with Crippen LogP contribution in [0.3, 0.4) is 0 Å². The van der Waals surface area contributed by atoms with Crippen LogP contribution in [0.2, 0.25) is 0 Å². The standard InChI is InChI=1S/C34H34FN3O4/c1-21(2)5-11-30(39)26-17-25(18-28(19-26)41-16-15-38-14-13-37-22(38)3)24-8-12-31-29(20-24)32(34(40)36-4)33(42-31)23-6-9-27(35)10-7-23/h6-10,12-14,17-21H,5,11,15-16H2,1-4H3,(H,36,40). The molecule has 2 heterocycles. The minimum atomic E-state index is -0.375. The van der Waals surface area contributed by atoms with Gasteiger partial charge in [-0.05, 0) is 85.0 Å². The molecular weight excluding hydrogens is 533 g/mol. The number of aromatic nitrogens is 2. The lowest BCUT2D eigenvalue weighted by Crippen LogP contribution is -2.18. The number of furan rings is 1. The van der Waals surface area contributed by atoms with Gasteiger partial charge in [-0.25, -0.2) is 9.37 Å². The van der Waals surface area contributed by atoms with Gasteiger partial charge in [-0.2, -0.15) is 0 Å². The first kappa shape index (κ1) is 28.8. The van der Waals surface area contributed by atoms with Crippen molar-refractivity contribution in [3.05, 3.63) is 95.8 Å². The van der Waals surface area contributed by atoms with E-state index in [0.717, 1.165) is 23.4 Å². The lowest BCUT2D eigenvalue weighted by molar-refractivity contribution is 0.0960. The fourth-order valence-electron chi connectivity index (χ4n) is 4.91. The molecule has 0 radical (unpaired) electrons. The Hall–Kier alpha value is -4.72. The summed E-state index contributed by atoms with van der Waals surface area (Å²) in [5, 5.41) is 3.30. The molecule has 0 aliphatic heterocycles. The molecule has 0 unspecified atom stereocenters. The molecule has 0 saturated carbocycles. The second-order valence-corrected chi connectivity index (χ2v) is 10.7. The van der Waals surface area contributed by atoms with Crippen molar-refractivity contribution < 1.29 is 23.1 Å². The molecule has 5 aromatic rings. The van der Waals surface area contributed by atoms with Crippen LogP contribution in [0.15, 0.2) is 77.5 Å². The summed E-state index contributed by atoms with van der Waals surface area (Å²) in [5.41, 5.74) is 3.63. The number of ether oxygens (including phenoxy) is 1. The molecule has 0 spiro atoms. The zero-order valence-electron chi connectivity index (χ0n) is 24.2. The van der Waals surface area contributed by atoms with E-state index in [1.165, 1.54) is 12.1 Å². The molecule has 0 fully saturated rings. The van der Waals surface area contributed by atoms with Gasteiger partial charge in [0.15, 0.2) is 5.78 Å². The number of Topliss-reactive ketones (excluding diaryl/α,β-unsaturated/α-hetero) is 1. The molecule has 0 saturated heterocycles. The molecule has 42 heavy (non-hydrogen) atoms. The molecular formula is C34H34FN3O4. The largest absolute Gasteiger partial charge is 0.492 e. The van der Waals surface area contributed by atoms with Gasteiger partial charge in [-0.1, -0.05) is 19.9 Å². The maximum absolute atomic E-state index is 13.6. The summed E-state index contributed by atoms with van der Waals surface area (Å²) in [7, 11) is 1.56. The summed E-state index contributed by atoms with van der Waals surface area (Å²) in [6.45, 7) is 7.16. The Bertz CT molecular complexity index is 1730. The Morgan fingerprint density at radius 1 is 1.02 bits per heavy atom. The zero-order valence-corrected chi connectivity index (χ0v) is 24.2.